The number of nitrogens with one attached hydrogen (secondary N) is 2. The molecule has 0 aromatic carbocycles. The Hall–Kier alpha value is -1.56. The summed E-state index contributed by atoms with van der Waals surface area (Å²) in [7, 11) is 5.88. The standard InChI is InChI=1S/C13H25N5O/c1-10(2)6-15-12(19)9-14-7-11-8-16-13(17(3)4)18(11)5/h8,10,14H,6-7,9H2,1-5H3,(H,15,19). The van der Waals surface area contributed by atoms with Gasteiger partial charge in [0.2, 0.25) is 11.9 Å². The molecule has 0 bridgehead atoms. The van der Waals surface area contributed by atoms with Gasteiger partial charge in [-0.25, -0.2) is 4.98 Å². The summed E-state index contributed by atoms with van der Waals surface area (Å²) in [5.41, 5.74) is 1.06. The van der Waals surface area contributed by atoms with E-state index in [0.29, 0.717) is 19.0 Å². The van der Waals surface area contributed by atoms with Crippen molar-refractivity contribution in [2.75, 3.05) is 32.1 Å². The summed E-state index contributed by atoms with van der Waals surface area (Å²) in [6.45, 7) is 5.83. The first kappa shape index (κ1) is 15.5. The summed E-state index contributed by atoms with van der Waals surface area (Å²) in [5, 5.41) is 6.00. The van der Waals surface area contributed by atoms with Crippen molar-refractivity contribution in [3.05, 3.63) is 11.9 Å². The van der Waals surface area contributed by atoms with E-state index in [1.165, 1.54) is 0 Å². The molecule has 0 aliphatic carbocycles. The molecule has 6 nitrogen and oxygen atoms in total. The minimum Gasteiger partial charge on any atom is -0.355 e. The summed E-state index contributed by atoms with van der Waals surface area (Å²) in [4.78, 5) is 17.8. The van der Waals surface area contributed by atoms with Crippen molar-refractivity contribution >= 4 is 11.9 Å². The molecule has 2 N–H and O–H groups in total. The molecule has 0 saturated heterocycles. The topological polar surface area (TPSA) is 62.2 Å². The maximum absolute atomic E-state index is 11.5. The Balaban J connectivity index is 2.35. The highest BCUT2D eigenvalue weighted by Gasteiger charge is 2.08. The van der Waals surface area contributed by atoms with Crippen LogP contribution in [0.3, 0.4) is 0 Å². The van der Waals surface area contributed by atoms with E-state index < -0.39 is 0 Å². The van der Waals surface area contributed by atoms with Gasteiger partial charge in [0.05, 0.1) is 18.4 Å². The van der Waals surface area contributed by atoms with E-state index in [0.717, 1.165) is 18.2 Å². The summed E-state index contributed by atoms with van der Waals surface area (Å²) in [5.74, 6) is 1.41. The van der Waals surface area contributed by atoms with Crippen LogP contribution in [0.15, 0.2) is 6.20 Å². The second-order valence-electron chi connectivity index (χ2n) is 5.30. The summed E-state index contributed by atoms with van der Waals surface area (Å²) >= 11 is 0. The third-order valence-corrected chi connectivity index (χ3v) is 2.76. The van der Waals surface area contributed by atoms with Crippen LogP contribution in [0.5, 0.6) is 0 Å². The first-order chi connectivity index (χ1) is 8.91. The average molecular weight is 267 g/mol. The molecule has 0 aliphatic heterocycles. The van der Waals surface area contributed by atoms with Crippen molar-refractivity contribution in [3.8, 4) is 0 Å². The lowest BCUT2D eigenvalue weighted by molar-refractivity contribution is -0.120. The molecule has 1 aromatic heterocycles. The van der Waals surface area contributed by atoms with Crippen molar-refractivity contribution < 1.29 is 4.79 Å². The Labute approximate surface area is 115 Å². The second kappa shape index (κ2) is 7.13. The smallest absolute Gasteiger partial charge is 0.233 e. The highest BCUT2D eigenvalue weighted by Crippen LogP contribution is 2.10. The monoisotopic (exact) mass is 267 g/mol. The minimum absolute atomic E-state index is 0.0312. The molecule has 0 spiro atoms. The Bertz CT molecular complexity index is 411. The van der Waals surface area contributed by atoms with Crippen LogP contribution >= 0.6 is 0 Å². The molecule has 1 rings (SSSR count). The fourth-order valence-corrected chi connectivity index (χ4v) is 1.70. The van der Waals surface area contributed by atoms with Crippen LogP contribution in [0.4, 0.5) is 5.95 Å². The number of nitrogens with zero attached hydrogens (tertiary/aromatic N) is 3. The van der Waals surface area contributed by atoms with E-state index in [1.807, 2.05) is 36.8 Å². The van der Waals surface area contributed by atoms with Gasteiger partial charge in [-0.2, -0.15) is 0 Å². The van der Waals surface area contributed by atoms with Gasteiger partial charge in [0.1, 0.15) is 0 Å². The molecule has 1 heterocycles. The number of rotatable bonds is 7. The van der Waals surface area contributed by atoms with Crippen molar-refractivity contribution in [1.82, 2.24) is 20.2 Å². The Morgan fingerprint density at radius 3 is 2.68 bits per heavy atom. The maximum Gasteiger partial charge on any atom is 0.233 e. The van der Waals surface area contributed by atoms with E-state index in [9.17, 15) is 4.79 Å². The largest absolute Gasteiger partial charge is 0.355 e. The molecule has 0 saturated carbocycles. The number of hydrogen-bond donors (Lipinski definition) is 2. The lowest BCUT2D eigenvalue weighted by Gasteiger charge is -2.13. The molecule has 0 fully saturated rings. The van der Waals surface area contributed by atoms with E-state index in [4.69, 9.17) is 0 Å². The third-order valence-electron chi connectivity index (χ3n) is 2.76. The van der Waals surface area contributed by atoms with Crippen LogP contribution in [0.25, 0.3) is 0 Å². The Morgan fingerprint density at radius 1 is 1.47 bits per heavy atom. The van der Waals surface area contributed by atoms with Gasteiger partial charge in [-0.3, -0.25) is 4.79 Å². The fraction of sp³-hybridized carbons (Fsp3) is 0.692. The molecule has 1 aromatic rings. The molecule has 0 atom stereocenters. The predicted molar refractivity (Wildman–Crippen MR) is 77.1 cm³/mol. The van der Waals surface area contributed by atoms with Crippen LogP contribution in [-0.4, -0.2) is 42.6 Å². The Kier molecular flexibility index (Phi) is 5.82. The highest BCUT2D eigenvalue weighted by molar-refractivity contribution is 5.77. The normalized spacial score (nSPS) is 10.8. The number of aromatic nitrogens is 2. The van der Waals surface area contributed by atoms with Crippen molar-refractivity contribution in [2.45, 2.75) is 20.4 Å². The van der Waals surface area contributed by atoms with Crippen LogP contribution in [0.2, 0.25) is 0 Å². The first-order valence-electron chi connectivity index (χ1n) is 6.57. The van der Waals surface area contributed by atoms with E-state index in [-0.39, 0.29) is 5.91 Å². The molecule has 0 aliphatic rings. The Morgan fingerprint density at radius 2 is 2.16 bits per heavy atom. The third kappa shape index (κ3) is 4.90. The van der Waals surface area contributed by atoms with E-state index in [1.54, 1.807) is 0 Å². The van der Waals surface area contributed by atoms with Gasteiger partial charge in [-0.15, -0.1) is 0 Å². The molecule has 6 heteroatoms. The minimum atomic E-state index is 0.0312. The summed E-state index contributed by atoms with van der Waals surface area (Å²) in [6.07, 6.45) is 1.83. The van der Waals surface area contributed by atoms with Gasteiger partial charge in [0.25, 0.3) is 0 Å². The lowest BCUT2D eigenvalue weighted by atomic mass is 10.2. The molecular formula is C13H25N5O. The number of anilines is 1. The SMILES string of the molecule is CC(C)CNC(=O)CNCc1cnc(N(C)C)n1C. The number of hydrogen-bond acceptors (Lipinski definition) is 4. The van der Waals surface area contributed by atoms with Crippen molar-refractivity contribution in [2.24, 2.45) is 13.0 Å². The van der Waals surface area contributed by atoms with Crippen LogP contribution in [0, 0.1) is 5.92 Å². The van der Waals surface area contributed by atoms with E-state index >= 15 is 0 Å². The van der Waals surface area contributed by atoms with Crippen LogP contribution in [-0.2, 0) is 18.4 Å². The predicted octanol–water partition coefficient (Wildman–Crippen LogP) is 0.348. The first-order valence-corrected chi connectivity index (χ1v) is 6.57. The zero-order valence-corrected chi connectivity index (χ0v) is 12.5. The van der Waals surface area contributed by atoms with Gasteiger partial charge in [0.15, 0.2) is 0 Å². The molecule has 1 amide bonds. The lowest BCUT2D eigenvalue weighted by Crippen LogP contribution is -2.35. The highest BCUT2D eigenvalue weighted by atomic mass is 16.1. The number of imidazole rings is 1. The van der Waals surface area contributed by atoms with Crippen molar-refractivity contribution in [3.63, 3.8) is 0 Å². The van der Waals surface area contributed by atoms with Crippen LogP contribution < -0.4 is 15.5 Å². The summed E-state index contributed by atoms with van der Waals surface area (Å²) < 4.78 is 2.01. The second-order valence-corrected chi connectivity index (χ2v) is 5.30. The van der Waals surface area contributed by atoms with Crippen LogP contribution in [0.1, 0.15) is 19.5 Å². The number of amides is 1. The van der Waals surface area contributed by atoms with Gasteiger partial charge in [-0.1, -0.05) is 13.8 Å². The molecule has 0 radical (unpaired) electrons. The maximum atomic E-state index is 11.5. The summed E-state index contributed by atoms with van der Waals surface area (Å²) in [6, 6.07) is 0. The zero-order valence-electron chi connectivity index (χ0n) is 12.5. The molecule has 0 unspecified atom stereocenters. The van der Waals surface area contributed by atoms with E-state index in [2.05, 4.69) is 29.5 Å². The van der Waals surface area contributed by atoms with Gasteiger partial charge < -0.3 is 20.1 Å². The number of carbonyl (C=O) groups is 1. The molecular weight excluding hydrogens is 242 g/mol. The van der Waals surface area contributed by atoms with Gasteiger partial charge in [0, 0.05) is 34.2 Å². The fourth-order valence-electron chi connectivity index (χ4n) is 1.70. The van der Waals surface area contributed by atoms with Gasteiger partial charge >= 0.3 is 0 Å². The zero-order chi connectivity index (χ0) is 14.4. The van der Waals surface area contributed by atoms with Gasteiger partial charge in [-0.05, 0) is 5.92 Å². The average Bonchev–Trinajstić information content (AvgIpc) is 2.68. The molecule has 108 valence electrons. The molecule has 19 heavy (non-hydrogen) atoms. The van der Waals surface area contributed by atoms with Crippen molar-refractivity contribution in [1.29, 1.82) is 0 Å². The quantitative estimate of drug-likeness (QED) is 0.748. The number of carbonyl (C=O) groups excluding carboxylic acids is 1.